The quantitative estimate of drug-likeness (QED) is 0.784. The molecular formula is C10H9ClN2O. The van der Waals surface area contributed by atoms with Gasteiger partial charge in [0, 0.05) is 10.6 Å². The molecule has 0 unspecified atom stereocenters. The summed E-state index contributed by atoms with van der Waals surface area (Å²) < 4.78 is 5.21. The predicted octanol–water partition coefficient (Wildman–Crippen LogP) is 2.89. The number of nitrogens with two attached hydrogens (primary N) is 1. The second-order valence-corrected chi connectivity index (χ2v) is 3.46. The van der Waals surface area contributed by atoms with Gasteiger partial charge in [0.25, 0.3) is 6.01 Å². The van der Waals surface area contributed by atoms with Crippen LogP contribution in [0, 0.1) is 6.92 Å². The Labute approximate surface area is 86.5 Å². The van der Waals surface area contributed by atoms with Gasteiger partial charge in [-0.25, -0.2) is 4.98 Å². The van der Waals surface area contributed by atoms with E-state index in [2.05, 4.69) is 4.98 Å². The predicted molar refractivity (Wildman–Crippen MR) is 56.1 cm³/mol. The number of nitrogen functional groups attached to an aromatic ring is 1. The van der Waals surface area contributed by atoms with Crippen molar-refractivity contribution in [2.24, 2.45) is 0 Å². The van der Waals surface area contributed by atoms with E-state index in [4.69, 9.17) is 21.8 Å². The molecule has 0 aliphatic heterocycles. The van der Waals surface area contributed by atoms with E-state index in [1.165, 1.54) is 0 Å². The van der Waals surface area contributed by atoms with Gasteiger partial charge in [0.05, 0.1) is 6.20 Å². The number of anilines is 1. The van der Waals surface area contributed by atoms with Crippen LogP contribution in [-0.2, 0) is 0 Å². The van der Waals surface area contributed by atoms with E-state index in [9.17, 15) is 0 Å². The largest absolute Gasteiger partial charge is 0.424 e. The lowest BCUT2D eigenvalue weighted by Gasteiger charge is -2.01. The minimum Gasteiger partial charge on any atom is -0.424 e. The molecule has 0 amide bonds. The molecule has 72 valence electrons. The van der Waals surface area contributed by atoms with Gasteiger partial charge in [-0.15, -0.1) is 0 Å². The first-order chi connectivity index (χ1) is 6.66. The van der Waals surface area contributed by atoms with Crippen LogP contribution in [0.4, 0.5) is 6.01 Å². The number of hydrogen-bond donors (Lipinski definition) is 1. The van der Waals surface area contributed by atoms with Crippen molar-refractivity contribution >= 4 is 17.6 Å². The fraction of sp³-hybridized carbons (Fsp3) is 0.100. The molecule has 1 aromatic heterocycles. The lowest BCUT2D eigenvalue weighted by atomic mass is 10.1. The van der Waals surface area contributed by atoms with Crippen LogP contribution in [0.5, 0.6) is 0 Å². The monoisotopic (exact) mass is 208 g/mol. The van der Waals surface area contributed by atoms with Crippen LogP contribution in [0.2, 0.25) is 5.02 Å². The molecule has 0 bridgehead atoms. The maximum atomic E-state index is 5.84. The van der Waals surface area contributed by atoms with Gasteiger partial charge >= 0.3 is 0 Å². The third kappa shape index (κ3) is 1.59. The standard InChI is InChI=1S/C10H9ClN2O/c1-6-4-7(11)2-3-8(6)9-5-13-10(12)14-9/h2-5H,1H3,(H2,12,13). The van der Waals surface area contributed by atoms with Crippen molar-refractivity contribution in [1.29, 1.82) is 0 Å². The van der Waals surface area contributed by atoms with Gasteiger partial charge in [-0.3, -0.25) is 0 Å². The lowest BCUT2D eigenvalue weighted by Crippen LogP contribution is -1.81. The Bertz CT molecular complexity index is 465. The molecule has 1 aromatic carbocycles. The van der Waals surface area contributed by atoms with Gasteiger partial charge in [-0.05, 0) is 30.7 Å². The van der Waals surface area contributed by atoms with Crippen molar-refractivity contribution < 1.29 is 4.42 Å². The molecule has 0 spiro atoms. The topological polar surface area (TPSA) is 52.0 Å². The first-order valence-electron chi connectivity index (χ1n) is 4.14. The minimum atomic E-state index is 0.175. The van der Waals surface area contributed by atoms with Crippen LogP contribution in [0.15, 0.2) is 28.8 Å². The fourth-order valence-electron chi connectivity index (χ4n) is 1.32. The van der Waals surface area contributed by atoms with Gasteiger partial charge < -0.3 is 10.2 Å². The van der Waals surface area contributed by atoms with Gasteiger partial charge in [0.15, 0.2) is 5.76 Å². The Morgan fingerprint density at radius 2 is 2.21 bits per heavy atom. The molecule has 14 heavy (non-hydrogen) atoms. The Balaban J connectivity index is 2.52. The zero-order chi connectivity index (χ0) is 10.1. The van der Waals surface area contributed by atoms with Crippen molar-refractivity contribution in [3.05, 3.63) is 35.0 Å². The van der Waals surface area contributed by atoms with E-state index in [1.54, 1.807) is 6.20 Å². The number of halogens is 1. The van der Waals surface area contributed by atoms with Crippen molar-refractivity contribution in [3.63, 3.8) is 0 Å². The molecule has 1 heterocycles. The highest BCUT2D eigenvalue weighted by atomic mass is 35.5. The van der Waals surface area contributed by atoms with E-state index >= 15 is 0 Å². The first-order valence-corrected chi connectivity index (χ1v) is 4.52. The van der Waals surface area contributed by atoms with Gasteiger partial charge in [-0.1, -0.05) is 11.6 Å². The van der Waals surface area contributed by atoms with E-state index < -0.39 is 0 Å². The summed E-state index contributed by atoms with van der Waals surface area (Å²) in [6, 6.07) is 5.74. The van der Waals surface area contributed by atoms with Crippen molar-refractivity contribution in [2.75, 3.05) is 5.73 Å². The highest BCUT2D eigenvalue weighted by Crippen LogP contribution is 2.26. The summed E-state index contributed by atoms with van der Waals surface area (Å²) in [6.07, 6.45) is 1.60. The smallest absolute Gasteiger partial charge is 0.292 e. The zero-order valence-electron chi connectivity index (χ0n) is 7.62. The Morgan fingerprint density at radius 1 is 1.43 bits per heavy atom. The van der Waals surface area contributed by atoms with Crippen molar-refractivity contribution in [3.8, 4) is 11.3 Å². The molecular weight excluding hydrogens is 200 g/mol. The van der Waals surface area contributed by atoms with Crippen LogP contribution < -0.4 is 5.73 Å². The Hall–Kier alpha value is -1.48. The SMILES string of the molecule is Cc1cc(Cl)ccc1-c1cnc(N)o1. The molecule has 0 fully saturated rings. The molecule has 0 aliphatic carbocycles. The highest BCUT2D eigenvalue weighted by molar-refractivity contribution is 6.30. The minimum absolute atomic E-state index is 0.175. The van der Waals surface area contributed by atoms with Crippen molar-refractivity contribution in [1.82, 2.24) is 4.98 Å². The molecule has 0 atom stereocenters. The number of rotatable bonds is 1. The van der Waals surface area contributed by atoms with Gasteiger partial charge in [-0.2, -0.15) is 0 Å². The average molecular weight is 209 g/mol. The Kier molecular flexibility index (Phi) is 2.17. The van der Waals surface area contributed by atoms with Crippen LogP contribution in [0.3, 0.4) is 0 Å². The summed E-state index contributed by atoms with van der Waals surface area (Å²) in [5, 5.41) is 0.707. The lowest BCUT2D eigenvalue weighted by molar-refractivity contribution is 0.594. The highest BCUT2D eigenvalue weighted by Gasteiger charge is 2.06. The normalized spacial score (nSPS) is 10.4. The number of hydrogen-bond acceptors (Lipinski definition) is 3. The Morgan fingerprint density at radius 3 is 2.79 bits per heavy atom. The summed E-state index contributed by atoms with van der Waals surface area (Å²) in [6.45, 7) is 1.96. The summed E-state index contributed by atoms with van der Waals surface area (Å²) >= 11 is 5.84. The maximum absolute atomic E-state index is 5.84. The molecule has 0 saturated heterocycles. The number of oxazole rings is 1. The second-order valence-electron chi connectivity index (χ2n) is 3.02. The second kappa shape index (κ2) is 3.35. The molecule has 3 nitrogen and oxygen atoms in total. The average Bonchev–Trinajstić information content (AvgIpc) is 2.51. The molecule has 4 heteroatoms. The van der Waals surface area contributed by atoms with Crippen LogP contribution in [0.1, 0.15) is 5.56 Å². The first kappa shape index (κ1) is 9.09. The van der Waals surface area contributed by atoms with Crippen LogP contribution in [-0.4, -0.2) is 4.98 Å². The van der Waals surface area contributed by atoms with E-state index in [0.29, 0.717) is 10.8 Å². The maximum Gasteiger partial charge on any atom is 0.292 e. The van der Waals surface area contributed by atoms with Crippen LogP contribution >= 0.6 is 11.6 Å². The van der Waals surface area contributed by atoms with E-state index in [0.717, 1.165) is 11.1 Å². The molecule has 2 aromatic rings. The van der Waals surface area contributed by atoms with Gasteiger partial charge in [0.2, 0.25) is 0 Å². The number of benzene rings is 1. The molecule has 2 N–H and O–H groups in total. The molecule has 0 radical (unpaired) electrons. The summed E-state index contributed by atoms with van der Waals surface area (Å²) in [5.41, 5.74) is 7.38. The zero-order valence-corrected chi connectivity index (χ0v) is 8.38. The molecule has 0 saturated carbocycles. The summed E-state index contributed by atoms with van der Waals surface area (Å²) in [7, 11) is 0. The third-order valence-electron chi connectivity index (χ3n) is 1.98. The summed E-state index contributed by atoms with van der Waals surface area (Å²) in [4.78, 5) is 3.83. The molecule has 0 aliphatic rings. The number of nitrogens with zero attached hydrogens (tertiary/aromatic N) is 1. The van der Waals surface area contributed by atoms with E-state index in [1.807, 2.05) is 25.1 Å². The summed E-state index contributed by atoms with van der Waals surface area (Å²) in [5.74, 6) is 0.664. The number of aromatic nitrogens is 1. The van der Waals surface area contributed by atoms with Crippen molar-refractivity contribution in [2.45, 2.75) is 6.92 Å². The van der Waals surface area contributed by atoms with E-state index in [-0.39, 0.29) is 6.01 Å². The van der Waals surface area contributed by atoms with Gasteiger partial charge in [0.1, 0.15) is 0 Å². The third-order valence-corrected chi connectivity index (χ3v) is 2.21. The van der Waals surface area contributed by atoms with Crippen LogP contribution in [0.25, 0.3) is 11.3 Å². The number of aryl methyl sites for hydroxylation is 1. The fourth-order valence-corrected chi connectivity index (χ4v) is 1.54. The molecule has 2 rings (SSSR count).